The molecule has 1 saturated carbocycles. The minimum Gasteiger partial charge on any atom is -0.343 e. The molecule has 1 aliphatic carbocycles. The standard InChI is InChI=1S/C22H22FN5O2S/c1-14-24-20(27-30-14)22(9-3-2-4-10-22)26-19(29)11-17-13-31-21-25-18(12-28(17)21)15-5-7-16(23)8-6-15/h5-8,12-13H,2-4,9-11H2,1H3,(H,26,29). The minimum atomic E-state index is -0.573. The number of halogens is 1. The summed E-state index contributed by atoms with van der Waals surface area (Å²) in [6.07, 6.45) is 6.88. The first-order chi connectivity index (χ1) is 15.0. The summed E-state index contributed by atoms with van der Waals surface area (Å²) in [6.45, 7) is 1.76. The number of amides is 1. The Labute approximate surface area is 182 Å². The zero-order chi connectivity index (χ0) is 21.4. The van der Waals surface area contributed by atoms with Gasteiger partial charge in [0.1, 0.15) is 11.4 Å². The number of hydrogen-bond donors (Lipinski definition) is 1. The molecule has 7 nitrogen and oxygen atoms in total. The van der Waals surface area contributed by atoms with Crippen molar-refractivity contribution in [3.8, 4) is 11.3 Å². The Bertz CT molecular complexity index is 1220. The zero-order valence-electron chi connectivity index (χ0n) is 17.1. The summed E-state index contributed by atoms with van der Waals surface area (Å²) in [5, 5.41) is 9.28. The third-order valence-corrected chi connectivity index (χ3v) is 6.70. The van der Waals surface area contributed by atoms with Gasteiger partial charge in [-0.25, -0.2) is 9.37 Å². The van der Waals surface area contributed by atoms with Gasteiger partial charge in [0.25, 0.3) is 0 Å². The third-order valence-electron chi connectivity index (χ3n) is 5.81. The molecule has 0 atom stereocenters. The van der Waals surface area contributed by atoms with Crippen LogP contribution in [0.5, 0.6) is 0 Å². The second-order valence-corrected chi connectivity index (χ2v) is 8.85. The van der Waals surface area contributed by atoms with Gasteiger partial charge >= 0.3 is 0 Å². The summed E-state index contributed by atoms with van der Waals surface area (Å²) in [5.41, 5.74) is 1.87. The lowest BCUT2D eigenvalue weighted by atomic mass is 9.81. The molecule has 1 aromatic carbocycles. The van der Waals surface area contributed by atoms with E-state index in [-0.39, 0.29) is 18.1 Å². The number of nitrogens with zero attached hydrogens (tertiary/aromatic N) is 4. The molecule has 3 heterocycles. The number of aromatic nitrogens is 4. The second kappa shape index (κ2) is 7.88. The summed E-state index contributed by atoms with van der Waals surface area (Å²) in [5.74, 6) is 0.701. The van der Waals surface area contributed by atoms with Crippen LogP contribution in [0.2, 0.25) is 0 Å². The molecule has 1 N–H and O–H groups in total. The van der Waals surface area contributed by atoms with E-state index < -0.39 is 5.54 Å². The summed E-state index contributed by atoms with van der Waals surface area (Å²) < 4.78 is 20.3. The monoisotopic (exact) mass is 439 g/mol. The van der Waals surface area contributed by atoms with Gasteiger partial charge < -0.3 is 9.84 Å². The quantitative estimate of drug-likeness (QED) is 0.498. The molecule has 0 saturated heterocycles. The number of rotatable bonds is 5. The fourth-order valence-electron chi connectivity index (χ4n) is 4.25. The number of hydrogen-bond acceptors (Lipinski definition) is 6. The topological polar surface area (TPSA) is 85.3 Å². The second-order valence-electron chi connectivity index (χ2n) is 8.02. The van der Waals surface area contributed by atoms with E-state index in [4.69, 9.17) is 4.52 Å². The maximum atomic E-state index is 13.2. The molecule has 3 aromatic heterocycles. The maximum Gasteiger partial charge on any atom is 0.226 e. The SMILES string of the molecule is Cc1nc(C2(NC(=O)Cc3csc4nc(-c5ccc(F)cc5)cn34)CCCCC2)no1. The fourth-order valence-corrected chi connectivity index (χ4v) is 5.12. The van der Waals surface area contributed by atoms with Gasteiger partial charge in [-0.05, 0) is 37.1 Å². The summed E-state index contributed by atoms with van der Waals surface area (Å²) >= 11 is 1.48. The smallest absolute Gasteiger partial charge is 0.226 e. The maximum absolute atomic E-state index is 13.2. The van der Waals surface area contributed by atoms with Crippen molar-refractivity contribution in [3.05, 3.63) is 59.1 Å². The Morgan fingerprint density at radius 3 is 2.71 bits per heavy atom. The third kappa shape index (κ3) is 3.85. The number of carbonyl (C=O) groups excluding carboxylic acids is 1. The Kier molecular flexibility index (Phi) is 5.05. The first kappa shape index (κ1) is 19.9. The van der Waals surface area contributed by atoms with Crippen LogP contribution in [0.25, 0.3) is 16.2 Å². The van der Waals surface area contributed by atoms with Crippen molar-refractivity contribution in [2.24, 2.45) is 0 Å². The van der Waals surface area contributed by atoms with Crippen molar-refractivity contribution < 1.29 is 13.7 Å². The Balaban J connectivity index is 1.37. The predicted octanol–water partition coefficient (Wildman–Crippen LogP) is 4.41. The molecular weight excluding hydrogens is 417 g/mol. The van der Waals surface area contributed by atoms with E-state index in [9.17, 15) is 9.18 Å². The van der Waals surface area contributed by atoms with Gasteiger partial charge in [-0.3, -0.25) is 9.20 Å². The molecule has 160 valence electrons. The van der Waals surface area contributed by atoms with Crippen molar-refractivity contribution in [1.29, 1.82) is 0 Å². The highest BCUT2D eigenvalue weighted by Gasteiger charge is 2.39. The van der Waals surface area contributed by atoms with Crippen LogP contribution in [-0.4, -0.2) is 25.4 Å². The molecule has 0 bridgehead atoms. The minimum absolute atomic E-state index is 0.0823. The highest BCUT2D eigenvalue weighted by molar-refractivity contribution is 7.15. The number of fused-ring (bicyclic) bond motifs is 1. The van der Waals surface area contributed by atoms with Crippen LogP contribution in [0.1, 0.15) is 49.5 Å². The van der Waals surface area contributed by atoms with Crippen LogP contribution in [0, 0.1) is 12.7 Å². The van der Waals surface area contributed by atoms with Crippen LogP contribution < -0.4 is 5.32 Å². The largest absolute Gasteiger partial charge is 0.343 e. The molecule has 31 heavy (non-hydrogen) atoms. The van der Waals surface area contributed by atoms with Crippen molar-refractivity contribution in [3.63, 3.8) is 0 Å². The lowest BCUT2D eigenvalue weighted by Crippen LogP contribution is -2.48. The normalized spacial score (nSPS) is 15.9. The molecule has 1 aliphatic rings. The number of thiazole rings is 1. The van der Waals surface area contributed by atoms with Crippen molar-refractivity contribution >= 4 is 22.2 Å². The van der Waals surface area contributed by atoms with E-state index >= 15 is 0 Å². The van der Waals surface area contributed by atoms with Gasteiger partial charge in [0.05, 0.1) is 12.1 Å². The van der Waals surface area contributed by atoms with Gasteiger partial charge in [0, 0.05) is 29.8 Å². The van der Waals surface area contributed by atoms with Gasteiger partial charge in [-0.1, -0.05) is 24.4 Å². The predicted molar refractivity (Wildman–Crippen MR) is 114 cm³/mol. The Morgan fingerprint density at radius 2 is 2.00 bits per heavy atom. The highest BCUT2D eigenvalue weighted by Crippen LogP contribution is 2.36. The number of imidazole rings is 1. The van der Waals surface area contributed by atoms with E-state index in [1.54, 1.807) is 19.1 Å². The van der Waals surface area contributed by atoms with E-state index in [0.717, 1.165) is 54.0 Å². The fraction of sp³-hybridized carbons (Fsp3) is 0.364. The van der Waals surface area contributed by atoms with E-state index in [0.29, 0.717) is 11.7 Å². The summed E-state index contributed by atoms with van der Waals surface area (Å²) in [4.78, 5) is 22.9. The molecular formula is C22H22FN5O2S. The van der Waals surface area contributed by atoms with Crippen LogP contribution in [0.4, 0.5) is 4.39 Å². The summed E-state index contributed by atoms with van der Waals surface area (Å²) in [6, 6.07) is 6.24. The van der Waals surface area contributed by atoms with Gasteiger partial charge in [0.15, 0.2) is 10.8 Å². The van der Waals surface area contributed by atoms with E-state index in [1.807, 2.05) is 16.0 Å². The molecule has 0 spiro atoms. The summed E-state index contributed by atoms with van der Waals surface area (Å²) in [7, 11) is 0. The van der Waals surface area contributed by atoms with Crippen molar-refractivity contribution in [1.82, 2.24) is 24.8 Å². The number of nitrogens with one attached hydrogen (secondary N) is 1. The van der Waals surface area contributed by atoms with Gasteiger partial charge in [0.2, 0.25) is 11.8 Å². The first-order valence-corrected chi connectivity index (χ1v) is 11.2. The first-order valence-electron chi connectivity index (χ1n) is 10.4. The molecule has 0 unspecified atom stereocenters. The van der Waals surface area contributed by atoms with Crippen LogP contribution in [0.15, 0.2) is 40.4 Å². The number of aryl methyl sites for hydroxylation is 1. The van der Waals surface area contributed by atoms with Crippen LogP contribution in [0.3, 0.4) is 0 Å². The van der Waals surface area contributed by atoms with E-state index in [2.05, 4.69) is 20.4 Å². The van der Waals surface area contributed by atoms with Crippen LogP contribution in [-0.2, 0) is 16.8 Å². The molecule has 0 radical (unpaired) electrons. The molecule has 4 aromatic rings. The van der Waals surface area contributed by atoms with Crippen LogP contribution >= 0.6 is 11.3 Å². The molecule has 1 amide bonds. The van der Waals surface area contributed by atoms with Crippen molar-refractivity contribution in [2.75, 3.05) is 0 Å². The van der Waals surface area contributed by atoms with Gasteiger partial charge in [-0.15, -0.1) is 11.3 Å². The Morgan fingerprint density at radius 1 is 1.23 bits per heavy atom. The molecule has 0 aliphatic heterocycles. The van der Waals surface area contributed by atoms with Gasteiger partial charge in [-0.2, -0.15) is 4.98 Å². The number of carbonyl (C=O) groups is 1. The van der Waals surface area contributed by atoms with Crippen molar-refractivity contribution in [2.45, 2.75) is 51.0 Å². The average Bonchev–Trinajstić information content (AvgIpc) is 3.47. The highest BCUT2D eigenvalue weighted by atomic mass is 32.1. The zero-order valence-corrected chi connectivity index (χ0v) is 17.9. The van der Waals surface area contributed by atoms with E-state index in [1.165, 1.54) is 23.5 Å². The molecule has 1 fully saturated rings. The number of benzene rings is 1. The Hall–Kier alpha value is -3.07. The lowest BCUT2D eigenvalue weighted by Gasteiger charge is -2.35. The average molecular weight is 440 g/mol. The lowest BCUT2D eigenvalue weighted by molar-refractivity contribution is -0.123. The molecule has 5 rings (SSSR count). The molecule has 9 heteroatoms.